The van der Waals surface area contributed by atoms with Crippen LogP contribution in [0.3, 0.4) is 0 Å². The lowest BCUT2D eigenvalue weighted by atomic mass is 10.1. The molecule has 3 heterocycles. The highest BCUT2D eigenvalue weighted by Gasteiger charge is 2.08. The molecule has 0 fully saturated rings. The van der Waals surface area contributed by atoms with Crippen LogP contribution in [0.15, 0.2) is 64.3 Å². The maximum absolute atomic E-state index is 5.61. The maximum Gasteiger partial charge on any atom is 0.226 e. The summed E-state index contributed by atoms with van der Waals surface area (Å²) in [5, 5.41) is 14.9. The van der Waals surface area contributed by atoms with E-state index in [0.29, 0.717) is 24.9 Å². The fourth-order valence-corrected chi connectivity index (χ4v) is 2.88. The van der Waals surface area contributed by atoms with Crippen LogP contribution < -0.4 is 10.6 Å². The second kappa shape index (κ2) is 8.55. The van der Waals surface area contributed by atoms with Crippen molar-refractivity contribution in [3.05, 3.63) is 72.0 Å². The molecule has 0 unspecified atom stereocenters. The summed E-state index contributed by atoms with van der Waals surface area (Å²) in [7, 11) is 0. The minimum atomic E-state index is 0.408. The third-order valence-corrected chi connectivity index (χ3v) is 4.39. The molecule has 8 heteroatoms. The highest BCUT2D eigenvalue weighted by molar-refractivity contribution is 5.79. The van der Waals surface area contributed by atoms with Crippen molar-refractivity contribution in [3.8, 4) is 11.5 Å². The lowest BCUT2D eigenvalue weighted by Gasteiger charge is -2.10. The molecular formula is C21H23N7O. The minimum absolute atomic E-state index is 0.408. The number of fused-ring (bicyclic) bond motifs is 1. The van der Waals surface area contributed by atoms with E-state index in [0.717, 1.165) is 29.3 Å². The number of hydrogen-bond donors (Lipinski definition) is 2. The van der Waals surface area contributed by atoms with Crippen LogP contribution in [0.1, 0.15) is 24.0 Å². The Hall–Kier alpha value is -3.68. The zero-order chi connectivity index (χ0) is 20.1. The van der Waals surface area contributed by atoms with Gasteiger partial charge in [-0.25, -0.2) is 9.98 Å². The molecule has 0 amide bonds. The van der Waals surface area contributed by atoms with Gasteiger partial charge in [-0.1, -0.05) is 23.8 Å². The van der Waals surface area contributed by atoms with Crippen molar-refractivity contribution in [2.45, 2.75) is 26.9 Å². The Balaban J connectivity index is 1.42. The molecule has 0 bridgehead atoms. The van der Waals surface area contributed by atoms with Gasteiger partial charge >= 0.3 is 0 Å². The molecule has 148 valence electrons. The van der Waals surface area contributed by atoms with E-state index in [1.807, 2.05) is 60.0 Å². The zero-order valence-corrected chi connectivity index (χ0v) is 16.5. The first-order valence-corrected chi connectivity index (χ1v) is 9.55. The van der Waals surface area contributed by atoms with E-state index in [2.05, 4.69) is 37.7 Å². The third-order valence-electron chi connectivity index (χ3n) is 4.39. The summed E-state index contributed by atoms with van der Waals surface area (Å²) in [5.74, 6) is 2.09. The molecule has 4 rings (SSSR count). The van der Waals surface area contributed by atoms with Crippen molar-refractivity contribution in [1.29, 1.82) is 0 Å². The molecule has 4 aromatic rings. The molecule has 1 aromatic carbocycles. The Bertz CT molecular complexity index is 1110. The van der Waals surface area contributed by atoms with Gasteiger partial charge in [-0.2, -0.15) is 0 Å². The van der Waals surface area contributed by atoms with Crippen LogP contribution in [-0.4, -0.2) is 32.1 Å². The van der Waals surface area contributed by atoms with Crippen LogP contribution in [0.5, 0.6) is 0 Å². The smallest absolute Gasteiger partial charge is 0.226 e. The normalized spacial score (nSPS) is 11.7. The Labute approximate surface area is 168 Å². The summed E-state index contributed by atoms with van der Waals surface area (Å²) in [6.45, 7) is 5.74. The molecule has 0 atom stereocenters. The van der Waals surface area contributed by atoms with E-state index in [-0.39, 0.29) is 0 Å². The van der Waals surface area contributed by atoms with E-state index in [1.165, 1.54) is 5.56 Å². The molecule has 0 aliphatic carbocycles. The van der Waals surface area contributed by atoms with Crippen molar-refractivity contribution in [2.75, 3.05) is 6.54 Å². The van der Waals surface area contributed by atoms with E-state index in [4.69, 9.17) is 4.42 Å². The predicted molar refractivity (Wildman–Crippen MR) is 111 cm³/mol. The topological polar surface area (TPSA) is 92.6 Å². The van der Waals surface area contributed by atoms with Crippen molar-refractivity contribution < 1.29 is 4.42 Å². The molecule has 8 nitrogen and oxygen atoms in total. The van der Waals surface area contributed by atoms with Gasteiger partial charge in [-0.15, -0.1) is 10.2 Å². The SMILES string of the molecule is CCNC(=NCc1coc(-c2ccc(C)cc2)n1)NCc1nnc2ccccn12. The Morgan fingerprint density at radius 3 is 2.79 bits per heavy atom. The van der Waals surface area contributed by atoms with Crippen LogP contribution in [0.4, 0.5) is 0 Å². The molecule has 0 saturated carbocycles. The van der Waals surface area contributed by atoms with Gasteiger partial charge in [-0.05, 0) is 38.1 Å². The van der Waals surface area contributed by atoms with Gasteiger partial charge in [0, 0.05) is 18.3 Å². The van der Waals surface area contributed by atoms with Gasteiger partial charge in [0.05, 0.1) is 13.1 Å². The average Bonchev–Trinajstić information content (AvgIpc) is 3.38. The predicted octanol–water partition coefficient (Wildman–Crippen LogP) is 2.95. The molecule has 0 spiro atoms. The van der Waals surface area contributed by atoms with Gasteiger partial charge in [0.1, 0.15) is 12.0 Å². The van der Waals surface area contributed by atoms with Crippen molar-refractivity contribution in [1.82, 2.24) is 30.2 Å². The molecule has 0 aliphatic heterocycles. The van der Waals surface area contributed by atoms with Crippen LogP contribution in [0.2, 0.25) is 0 Å². The number of nitrogens with one attached hydrogen (secondary N) is 2. The van der Waals surface area contributed by atoms with Crippen molar-refractivity contribution in [3.63, 3.8) is 0 Å². The van der Waals surface area contributed by atoms with Crippen LogP contribution >= 0.6 is 0 Å². The number of aliphatic imine (C=N–C) groups is 1. The van der Waals surface area contributed by atoms with Gasteiger partial charge in [0.15, 0.2) is 17.4 Å². The fourth-order valence-electron chi connectivity index (χ4n) is 2.88. The summed E-state index contributed by atoms with van der Waals surface area (Å²) in [6.07, 6.45) is 3.59. The molecule has 2 N–H and O–H groups in total. The first-order chi connectivity index (χ1) is 14.2. The summed E-state index contributed by atoms with van der Waals surface area (Å²) < 4.78 is 7.55. The summed E-state index contributed by atoms with van der Waals surface area (Å²) in [5.41, 5.74) is 3.74. The van der Waals surface area contributed by atoms with Crippen LogP contribution in [0, 0.1) is 6.92 Å². The zero-order valence-electron chi connectivity index (χ0n) is 16.5. The van der Waals surface area contributed by atoms with Crippen molar-refractivity contribution >= 4 is 11.6 Å². The Morgan fingerprint density at radius 1 is 1.10 bits per heavy atom. The van der Waals surface area contributed by atoms with E-state index in [9.17, 15) is 0 Å². The van der Waals surface area contributed by atoms with Crippen LogP contribution in [-0.2, 0) is 13.1 Å². The number of oxazole rings is 1. The number of benzene rings is 1. The molecular weight excluding hydrogens is 366 g/mol. The minimum Gasteiger partial charge on any atom is -0.444 e. The second-order valence-corrected chi connectivity index (χ2v) is 6.60. The lowest BCUT2D eigenvalue weighted by molar-refractivity contribution is 0.572. The number of aryl methyl sites for hydroxylation is 1. The number of pyridine rings is 1. The Kier molecular flexibility index (Phi) is 5.51. The Morgan fingerprint density at radius 2 is 1.97 bits per heavy atom. The standard InChI is InChI=1S/C21H23N7O/c1-3-22-21(24-13-19-27-26-18-6-4-5-11-28(18)19)23-12-17-14-29-20(25-17)16-9-7-15(2)8-10-16/h4-11,14H,3,12-13H2,1-2H3,(H2,22,23,24). The average molecular weight is 389 g/mol. The summed E-state index contributed by atoms with van der Waals surface area (Å²) in [6, 6.07) is 13.9. The van der Waals surface area contributed by atoms with Gasteiger partial charge < -0.3 is 15.1 Å². The molecule has 0 radical (unpaired) electrons. The quantitative estimate of drug-likeness (QED) is 0.389. The number of rotatable bonds is 6. The summed E-state index contributed by atoms with van der Waals surface area (Å²) >= 11 is 0. The monoisotopic (exact) mass is 389 g/mol. The molecule has 29 heavy (non-hydrogen) atoms. The van der Waals surface area contributed by atoms with E-state index < -0.39 is 0 Å². The molecule has 0 saturated heterocycles. The number of hydrogen-bond acceptors (Lipinski definition) is 5. The van der Waals surface area contributed by atoms with E-state index in [1.54, 1.807) is 6.26 Å². The van der Waals surface area contributed by atoms with Crippen molar-refractivity contribution in [2.24, 2.45) is 4.99 Å². The molecule has 0 aliphatic rings. The number of aromatic nitrogens is 4. The fraction of sp³-hybridized carbons (Fsp3) is 0.238. The molecule has 3 aromatic heterocycles. The largest absolute Gasteiger partial charge is 0.444 e. The number of nitrogens with zero attached hydrogens (tertiary/aromatic N) is 5. The maximum atomic E-state index is 5.61. The van der Waals surface area contributed by atoms with Crippen LogP contribution in [0.25, 0.3) is 17.1 Å². The first kappa shape index (κ1) is 18.7. The second-order valence-electron chi connectivity index (χ2n) is 6.60. The van der Waals surface area contributed by atoms with Gasteiger partial charge in [0.25, 0.3) is 0 Å². The number of guanidine groups is 1. The van der Waals surface area contributed by atoms with Gasteiger partial charge in [0.2, 0.25) is 5.89 Å². The lowest BCUT2D eigenvalue weighted by Crippen LogP contribution is -2.37. The van der Waals surface area contributed by atoms with Gasteiger partial charge in [-0.3, -0.25) is 4.40 Å². The highest BCUT2D eigenvalue weighted by atomic mass is 16.3. The highest BCUT2D eigenvalue weighted by Crippen LogP contribution is 2.19. The summed E-state index contributed by atoms with van der Waals surface area (Å²) in [4.78, 5) is 9.14. The first-order valence-electron chi connectivity index (χ1n) is 9.55. The third kappa shape index (κ3) is 4.43. The van der Waals surface area contributed by atoms with E-state index >= 15 is 0 Å².